The van der Waals surface area contributed by atoms with Crippen LogP contribution in [0.15, 0.2) is 27.9 Å². The molecule has 3 aromatic rings. The monoisotopic (exact) mass is 487 g/mol. The number of aryl methyl sites for hydroxylation is 1. The number of hydrogen-bond acceptors (Lipinski definition) is 7. The first-order valence-electron chi connectivity index (χ1n) is 11.6. The van der Waals surface area contributed by atoms with Crippen LogP contribution in [0.1, 0.15) is 50.1 Å². The van der Waals surface area contributed by atoms with Gasteiger partial charge in [0.2, 0.25) is 10.0 Å². The Morgan fingerprint density at radius 2 is 1.94 bits per heavy atom. The van der Waals surface area contributed by atoms with E-state index in [4.69, 9.17) is 4.74 Å². The quantitative estimate of drug-likeness (QED) is 0.564. The molecule has 0 amide bonds. The predicted octanol–water partition coefficient (Wildman–Crippen LogP) is 2.14. The fourth-order valence-electron chi connectivity index (χ4n) is 5.08. The summed E-state index contributed by atoms with van der Waals surface area (Å²) in [7, 11) is -0.554. The lowest BCUT2D eigenvalue weighted by molar-refractivity contribution is 0.189. The zero-order valence-corrected chi connectivity index (χ0v) is 20.1. The second-order valence-corrected chi connectivity index (χ2v) is 11.1. The van der Waals surface area contributed by atoms with Crippen LogP contribution >= 0.6 is 0 Å². The highest BCUT2D eigenvalue weighted by Crippen LogP contribution is 2.36. The van der Waals surface area contributed by atoms with Gasteiger partial charge in [-0.2, -0.15) is 9.40 Å². The Labute approximate surface area is 197 Å². The molecule has 2 fully saturated rings. The van der Waals surface area contributed by atoms with Gasteiger partial charge in [0.1, 0.15) is 17.0 Å². The summed E-state index contributed by atoms with van der Waals surface area (Å²) in [6, 6.07) is 4.48. The van der Waals surface area contributed by atoms with Gasteiger partial charge in [0.25, 0.3) is 5.56 Å². The highest BCUT2D eigenvalue weighted by molar-refractivity contribution is 7.89. The number of aromatic amines is 1. The summed E-state index contributed by atoms with van der Waals surface area (Å²) in [5, 5.41) is 14.9. The van der Waals surface area contributed by atoms with Crippen molar-refractivity contribution in [3.05, 3.63) is 34.2 Å². The minimum absolute atomic E-state index is 0.0609. The highest BCUT2D eigenvalue weighted by Gasteiger charge is 2.32. The van der Waals surface area contributed by atoms with E-state index in [0.717, 1.165) is 31.4 Å². The lowest BCUT2D eigenvalue weighted by Gasteiger charge is -2.19. The number of nitrogens with zero attached hydrogens (tertiary/aromatic N) is 4. The molecule has 2 aromatic heterocycles. The van der Waals surface area contributed by atoms with Crippen LogP contribution in [0, 0.1) is 0 Å². The first-order valence-corrected chi connectivity index (χ1v) is 13.1. The van der Waals surface area contributed by atoms with Gasteiger partial charge in [0.15, 0.2) is 5.65 Å². The molecule has 1 saturated heterocycles. The van der Waals surface area contributed by atoms with Crippen LogP contribution in [0.5, 0.6) is 5.75 Å². The van der Waals surface area contributed by atoms with Crippen LogP contribution in [-0.4, -0.2) is 63.9 Å². The molecule has 1 aromatic carbocycles. The molecule has 0 radical (unpaired) electrons. The molecule has 11 heteroatoms. The van der Waals surface area contributed by atoms with Gasteiger partial charge in [-0.25, -0.2) is 18.1 Å². The van der Waals surface area contributed by atoms with Gasteiger partial charge in [-0.1, -0.05) is 19.3 Å². The average Bonchev–Trinajstić information content (AvgIpc) is 3.43. The Hall–Kier alpha value is -2.76. The van der Waals surface area contributed by atoms with Gasteiger partial charge >= 0.3 is 0 Å². The molecule has 10 nitrogen and oxygen atoms in total. The van der Waals surface area contributed by atoms with Gasteiger partial charge in [-0.3, -0.25) is 4.79 Å². The maximum absolute atomic E-state index is 13.2. The van der Waals surface area contributed by atoms with Crippen molar-refractivity contribution in [3.63, 3.8) is 0 Å². The molecule has 182 valence electrons. The molecule has 1 unspecified atom stereocenters. The molecular formula is C23H29N5O5S. The second-order valence-electron chi connectivity index (χ2n) is 9.12. The number of fused-ring (bicyclic) bond motifs is 1. The molecule has 2 aliphatic rings. The third kappa shape index (κ3) is 3.91. The molecule has 1 aliphatic carbocycles. The second kappa shape index (κ2) is 8.79. The SMILES string of the molecule is COc1cc(S(=O)(=O)N2CCC(O)C2)ccc1-c1nc2c(c(C3CCCCC3)nn2C)c(=O)[nH]1. The lowest BCUT2D eigenvalue weighted by Crippen LogP contribution is -2.29. The Bertz CT molecular complexity index is 1390. The minimum atomic E-state index is -3.77. The number of β-amino-alcohol motifs (C(OH)–C–C–N with tert-alkyl or cyclic N) is 1. The Kier molecular flexibility index (Phi) is 5.95. The van der Waals surface area contributed by atoms with E-state index < -0.39 is 16.1 Å². The van der Waals surface area contributed by atoms with Crippen LogP contribution in [0.4, 0.5) is 0 Å². The van der Waals surface area contributed by atoms with Crippen molar-refractivity contribution in [1.29, 1.82) is 0 Å². The molecule has 1 saturated carbocycles. The largest absolute Gasteiger partial charge is 0.496 e. The number of H-pyrrole nitrogens is 1. The average molecular weight is 488 g/mol. The molecule has 34 heavy (non-hydrogen) atoms. The third-order valence-corrected chi connectivity index (χ3v) is 8.77. The summed E-state index contributed by atoms with van der Waals surface area (Å²) < 4.78 is 34.4. The summed E-state index contributed by atoms with van der Waals surface area (Å²) in [6.07, 6.45) is 5.27. The van der Waals surface area contributed by atoms with E-state index in [1.807, 2.05) is 0 Å². The highest BCUT2D eigenvalue weighted by atomic mass is 32.2. The summed E-state index contributed by atoms with van der Waals surface area (Å²) in [6.45, 7) is 0.338. The van der Waals surface area contributed by atoms with Crippen LogP contribution in [0.3, 0.4) is 0 Å². The summed E-state index contributed by atoms with van der Waals surface area (Å²) in [5.74, 6) is 0.820. The van der Waals surface area contributed by atoms with E-state index in [2.05, 4.69) is 15.1 Å². The third-order valence-electron chi connectivity index (χ3n) is 6.90. The van der Waals surface area contributed by atoms with E-state index in [1.165, 1.54) is 30.0 Å². The maximum atomic E-state index is 13.2. The number of aliphatic hydroxyl groups is 1. The molecule has 0 spiro atoms. The number of rotatable bonds is 5. The predicted molar refractivity (Wildman–Crippen MR) is 126 cm³/mol. The van der Waals surface area contributed by atoms with Gasteiger partial charge in [0, 0.05) is 32.1 Å². The summed E-state index contributed by atoms with van der Waals surface area (Å²) >= 11 is 0. The van der Waals surface area contributed by atoms with Crippen LogP contribution in [0.25, 0.3) is 22.4 Å². The summed E-state index contributed by atoms with van der Waals surface area (Å²) in [4.78, 5) is 20.8. The van der Waals surface area contributed by atoms with Crippen LogP contribution in [0.2, 0.25) is 0 Å². The minimum Gasteiger partial charge on any atom is -0.496 e. The summed E-state index contributed by atoms with van der Waals surface area (Å²) in [5.41, 5.74) is 1.50. The Morgan fingerprint density at radius 3 is 2.62 bits per heavy atom. The van der Waals surface area contributed by atoms with E-state index in [9.17, 15) is 18.3 Å². The van der Waals surface area contributed by atoms with Gasteiger partial charge < -0.3 is 14.8 Å². The van der Waals surface area contributed by atoms with Gasteiger partial charge in [0.05, 0.1) is 29.4 Å². The number of nitrogens with one attached hydrogen (secondary N) is 1. The Morgan fingerprint density at radius 1 is 1.18 bits per heavy atom. The molecular weight excluding hydrogens is 458 g/mol. The maximum Gasteiger partial charge on any atom is 0.262 e. The van der Waals surface area contributed by atoms with E-state index in [1.54, 1.807) is 17.8 Å². The molecule has 1 atom stereocenters. The zero-order valence-electron chi connectivity index (χ0n) is 19.3. The topological polar surface area (TPSA) is 130 Å². The molecule has 3 heterocycles. The number of aromatic nitrogens is 4. The number of sulfonamides is 1. The molecule has 2 N–H and O–H groups in total. The standard InChI is InChI=1S/C23H29N5O5S/c1-27-22-19(20(26-27)14-6-4-3-5-7-14)23(30)25-21(24-22)17-9-8-16(12-18(17)33-2)34(31,32)28-11-10-15(29)13-28/h8-9,12,14-15,29H,3-7,10-11,13H2,1-2H3,(H,24,25,30). The van der Waals surface area contributed by atoms with E-state index in [-0.39, 0.29) is 41.0 Å². The van der Waals surface area contributed by atoms with E-state index >= 15 is 0 Å². The van der Waals surface area contributed by atoms with Crippen molar-refractivity contribution >= 4 is 21.1 Å². The van der Waals surface area contributed by atoms with Gasteiger partial charge in [-0.15, -0.1) is 0 Å². The molecule has 5 rings (SSSR count). The number of aliphatic hydroxyl groups excluding tert-OH is 1. The molecule has 0 bridgehead atoms. The first kappa shape index (κ1) is 23.0. The fourth-order valence-corrected chi connectivity index (χ4v) is 6.59. The van der Waals surface area contributed by atoms with Crippen molar-refractivity contribution in [2.75, 3.05) is 20.2 Å². The Balaban J connectivity index is 1.56. The number of hydrogen-bond donors (Lipinski definition) is 2. The fraction of sp³-hybridized carbons (Fsp3) is 0.522. The number of methoxy groups -OCH3 is 1. The number of ether oxygens (including phenoxy) is 1. The first-order chi connectivity index (χ1) is 16.3. The molecule has 1 aliphatic heterocycles. The van der Waals surface area contributed by atoms with Gasteiger partial charge in [-0.05, 0) is 31.4 Å². The zero-order chi connectivity index (χ0) is 24.0. The number of benzene rings is 1. The van der Waals surface area contributed by atoms with Crippen LogP contribution < -0.4 is 10.3 Å². The van der Waals surface area contributed by atoms with Crippen molar-refractivity contribution in [2.45, 2.75) is 55.4 Å². The van der Waals surface area contributed by atoms with Crippen molar-refractivity contribution < 1.29 is 18.3 Å². The van der Waals surface area contributed by atoms with Crippen molar-refractivity contribution in [1.82, 2.24) is 24.1 Å². The normalized spacial score (nSPS) is 20.3. The van der Waals surface area contributed by atoms with Crippen molar-refractivity contribution in [2.24, 2.45) is 7.05 Å². The van der Waals surface area contributed by atoms with E-state index in [0.29, 0.717) is 23.0 Å². The lowest BCUT2D eigenvalue weighted by atomic mass is 9.86. The van der Waals surface area contributed by atoms with Crippen LogP contribution in [-0.2, 0) is 17.1 Å². The smallest absolute Gasteiger partial charge is 0.262 e. The van der Waals surface area contributed by atoms with Crippen molar-refractivity contribution in [3.8, 4) is 17.1 Å².